The highest BCUT2D eigenvalue weighted by molar-refractivity contribution is 6.00. The molecule has 0 bridgehead atoms. The number of carbonyl (C=O) groups is 2. The molecular weight excluding hydrogens is 428 g/mol. The predicted molar refractivity (Wildman–Crippen MR) is 130 cm³/mol. The number of carbonyl (C=O) groups excluding carboxylic acids is 2. The molecule has 178 valence electrons. The predicted octanol–water partition coefficient (Wildman–Crippen LogP) is 3.02. The molecule has 1 unspecified atom stereocenters. The van der Waals surface area contributed by atoms with Gasteiger partial charge in [0.25, 0.3) is 5.91 Å². The van der Waals surface area contributed by atoms with Gasteiger partial charge in [0.2, 0.25) is 5.91 Å². The van der Waals surface area contributed by atoms with Gasteiger partial charge in [0.15, 0.2) is 5.96 Å². The van der Waals surface area contributed by atoms with Crippen LogP contribution in [-0.4, -0.2) is 39.4 Å². The van der Waals surface area contributed by atoms with Crippen molar-refractivity contribution in [3.8, 4) is 0 Å². The van der Waals surface area contributed by atoms with Gasteiger partial charge in [-0.2, -0.15) is 0 Å². The van der Waals surface area contributed by atoms with E-state index in [4.69, 9.17) is 5.73 Å². The summed E-state index contributed by atoms with van der Waals surface area (Å²) in [5.41, 5.74) is 10.1. The van der Waals surface area contributed by atoms with E-state index in [9.17, 15) is 14.7 Å². The molecular formula is C27H32N4O3. The summed E-state index contributed by atoms with van der Waals surface area (Å²) in [6.45, 7) is 8.04. The summed E-state index contributed by atoms with van der Waals surface area (Å²) in [5, 5.41) is 13.6. The van der Waals surface area contributed by atoms with E-state index in [2.05, 4.69) is 24.2 Å². The SMILES string of the molecule is CC1(C)CC(=O)N(C2c3cc(C(=O)N[C@@H]4c5ccccc5C[C@H]4O)ccc3CC2(C)C)C(N)=N1. The minimum Gasteiger partial charge on any atom is -0.390 e. The standard InChI is InChI=1S/C27H32N4O3/c1-26(2)13-17-10-9-16(24(34)29-22-18-8-6-5-7-15(18)12-20(22)32)11-19(17)23(26)31-21(33)14-27(3,4)30-25(31)28/h5-11,20,22-23,32H,12-14H2,1-4H3,(H2,28,30)(H,29,34)/t20-,22-,23?/m1/s1. The lowest BCUT2D eigenvalue weighted by molar-refractivity contribution is -0.132. The van der Waals surface area contributed by atoms with E-state index in [1.807, 2.05) is 56.3 Å². The summed E-state index contributed by atoms with van der Waals surface area (Å²) in [4.78, 5) is 32.6. The van der Waals surface area contributed by atoms with E-state index in [1.54, 1.807) is 4.90 Å². The highest BCUT2D eigenvalue weighted by atomic mass is 16.3. The van der Waals surface area contributed by atoms with Gasteiger partial charge < -0.3 is 16.2 Å². The molecule has 2 aromatic carbocycles. The van der Waals surface area contributed by atoms with Crippen molar-refractivity contribution in [1.29, 1.82) is 0 Å². The third kappa shape index (κ3) is 3.68. The molecule has 34 heavy (non-hydrogen) atoms. The second kappa shape index (κ2) is 7.67. The van der Waals surface area contributed by atoms with Gasteiger partial charge in [0.05, 0.1) is 30.1 Å². The van der Waals surface area contributed by atoms with Gasteiger partial charge in [-0.15, -0.1) is 0 Å². The fraction of sp³-hybridized carbons (Fsp3) is 0.444. The summed E-state index contributed by atoms with van der Waals surface area (Å²) in [5.74, 6) is -0.0727. The zero-order valence-electron chi connectivity index (χ0n) is 20.1. The van der Waals surface area contributed by atoms with Crippen molar-refractivity contribution in [3.05, 3.63) is 70.3 Å². The quantitative estimate of drug-likeness (QED) is 0.654. The van der Waals surface area contributed by atoms with Crippen LogP contribution in [-0.2, 0) is 17.6 Å². The molecule has 3 aliphatic rings. The van der Waals surface area contributed by atoms with Crippen LogP contribution in [0.5, 0.6) is 0 Å². The minimum absolute atomic E-state index is 0.0519. The molecule has 3 atom stereocenters. The number of nitrogens with one attached hydrogen (secondary N) is 1. The number of benzene rings is 2. The normalized spacial score (nSPS) is 26.6. The highest BCUT2D eigenvalue weighted by Gasteiger charge is 2.48. The topological polar surface area (TPSA) is 108 Å². The Morgan fingerprint density at radius 2 is 1.82 bits per heavy atom. The number of guanidine groups is 1. The van der Waals surface area contributed by atoms with E-state index >= 15 is 0 Å². The van der Waals surface area contributed by atoms with Crippen molar-refractivity contribution in [3.63, 3.8) is 0 Å². The Balaban J connectivity index is 1.47. The number of aliphatic hydroxyl groups is 1. The minimum atomic E-state index is -0.659. The van der Waals surface area contributed by atoms with Crippen LogP contribution in [0.3, 0.4) is 0 Å². The summed E-state index contributed by atoms with van der Waals surface area (Å²) in [7, 11) is 0. The summed E-state index contributed by atoms with van der Waals surface area (Å²) in [6, 6.07) is 12.7. The van der Waals surface area contributed by atoms with Crippen molar-refractivity contribution < 1.29 is 14.7 Å². The second-order valence-electron chi connectivity index (χ2n) is 11.1. The first-order valence-electron chi connectivity index (χ1n) is 11.8. The molecule has 0 aromatic heterocycles. The Morgan fingerprint density at radius 1 is 1.09 bits per heavy atom. The van der Waals surface area contributed by atoms with Crippen molar-refractivity contribution in [2.24, 2.45) is 16.1 Å². The maximum absolute atomic E-state index is 13.3. The Kier molecular flexibility index (Phi) is 5.09. The van der Waals surface area contributed by atoms with Crippen LogP contribution in [0.2, 0.25) is 0 Å². The van der Waals surface area contributed by atoms with E-state index in [0.29, 0.717) is 12.0 Å². The highest BCUT2D eigenvalue weighted by Crippen LogP contribution is 2.50. The Morgan fingerprint density at radius 3 is 2.56 bits per heavy atom. The molecule has 2 aliphatic carbocycles. The first-order valence-corrected chi connectivity index (χ1v) is 11.8. The average Bonchev–Trinajstić information content (AvgIpc) is 3.19. The summed E-state index contributed by atoms with van der Waals surface area (Å²) < 4.78 is 0. The van der Waals surface area contributed by atoms with E-state index in [0.717, 1.165) is 28.7 Å². The number of fused-ring (bicyclic) bond motifs is 2. The zero-order chi connectivity index (χ0) is 24.4. The van der Waals surface area contributed by atoms with Gasteiger partial charge in [-0.25, -0.2) is 4.99 Å². The molecule has 0 saturated heterocycles. The van der Waals surface area contributed by atoms with Gasteiger partial charge in [0.1, 0.15) is 0 Å². The molecule has 0 saturated carbocycles. The number of nitrogens with two attached hydrogens (primary N) is 1. The van der Waals surface area contributed by atoms with Gasteiger partial charge in [0, 0.05) is 12.0 Å². The van der Waals surface area contributed by atoms with E-state index in [-0.39, 0.29) is 35.7 Å². The van der Waals surface area contributed by atoms with Crippen LogP contribution in [0, 0.1) is 5.41 Å². The van der Waals surface area contributed by atoms with Gasteiger partial charge in [-0.1, -0.05) is 44.2 Å². The van der Waals surface area contributed by atoms with Crippen LogP contribution >= 0.6 is 0 Å². The van der Waals surface area contributed by atoms with Gasteiger partial charge in [-0.05, 0) is 60.1 Å². The van der Waals surface area contributed by atoms with Crippen molar-refractivity contribution in [2.45, 2.75) is 70.7 Å². The molecule has 5 rings (SSSR count). The Bertz CT molecular complexity index is 1220. The number of nitrogens with zero attached hydrogens (tertiary/aromatic N) is 2. The van der Waals surface area contributed by atoms with Crippen molar-refractivity contribution >= 4 is 17.8 Å². The fourth-order valence-corrected chi connectivity index (χ4v) is 5.88. The molecule has 1 heterocycles. The molecule has 0 spiro atoms. The number of aliphatic imine (C=N–C) groups is 1. The lowest BCUT2D eigenvalue weighted by Crippen LogP contribution is -2.53. The molecule has 1 aliphatic heterocycles. The Hall–Kier alpha value is -3.19. The van der Waals surface area contributed by atoms with Crippen molar-refractivity contribution in [2.75, 3.05) is 0 Å². The van der Waals surface area contributed by atoms with Crippen LogP contribution in [0.1, 0.15) is 78.8 Å². The van der Waals surface area contributed by atoms with Crippen LogP contribution in [0.25, 0.3) is 0 Å². The second-order valence-corrected chi connectivity index (χ2v) is 11.1. The molecule has 0 radical (unpaired) electrons. The zero-order valence-corrected chi connectivity index (χ0v) is 20.1. The molecule has 4 N–H and O–H groups in total. The van der Waals surface area contributed by atoms with Crippen LogP contribution in [0.4, 0.5) is 0 Å². The largest absolute Gasteiger partial charge is 0.390 e. The molecule has 7 heteroatoms. The smallest absolute Gasteiger partial charge is 0.251 e. The first kappa shape index (κ1) is 22.6. The summed E-state index contributed by atoms with van der Waals surface area (Å²) in [6.07, 6.45) is 0.916. The van der Waals surface area contributed by atoms with Gasteiger partial charge >= 0.3 is 0 Å². The first-order chi connectivity index (χ1) is 16.0. The molecule has 2 aromatic rings. The number of hydrogen-bond donors (Lipinski definition) is 3. The number of aliphatic hydroxyl groups excluding tert-OH is 1. The molecule has 2 amide bonds. The molecule has 7 nitrogen and oxygen atoms in total. The maximum atomic E-state index is 13.3. The third-order valence-corrected chi connectivity index (χ3v) is 7.35. The van der Waals surface area contributed by atoms with Crippen LogP contribution in [0.15, 0.2) is 47.5 Å². The number of amides is 2. The van der Waals surface area contributed by atoms with E-state index in [1.165, 1.54) is 0 Å². The maximum Gasteiger partial charge on any atom is 0.251 e. The lowest BCUT2D eigenvalue weighted by Gasteiger charge is -2.41. The van der Waals surface area contributed by atoms with Crippen molar-refractivity contribution in [1.82, 2.24) is 10.2 Å². The van der Waals surface area contributed by atoms with Crippen LogP contribution < -0.4 is 11.1 Å². The monoisotopic (exact) mass is 460 g/mol. The van der Waals surface area contributed by atoms with Gasteiger partial charge in [-0.3, -0.25) is 14.5 Å². The molecule has 0 fully saturated rings. The van der Waals surface area contributed by atoms with E-state index < -0.39 is 17.7 Å². The number of rotatable bonds is 3. The summed E-state index contributed by atoms with van der Waals surface area (Å²) >= 11 is 0. The number of hydrogen-bond acceptors (Lipinski definition) is 5. The fourth-order valence-electron chi connectivity index (χ4n) is 5.88. The lowest BCUT2D eigenvalue weighted by atomic mass is 9.83. The average molecular weight is 461 g/mol. The third-order valence-electron chi connectivity index (χ3n) is 7.35. The Labute approximate surface area is 200 Å².